The first-order valence-electron chi connectivity index (χ1n) is 6.61. The van der Waals surface area contributed by atoms with Gasteiger partial charge in [0.15, 0.2) is 5.69 Å². The summed E-state index contributed by atoms with van der Waals surface area (Å²) in [4.78, 5) is 6.81. The van der Waals surface area contributed by atoms with Crippen LogP contribution in [0.25, 0.3) is 0 Å². The van der Waals surface area contributed by atoms with Crippen LogP contribution in [-0.2, 0) is 6.18 Å². The summed E-state index contributed by atoms with van der Waals surface area (Å²) in [6.45, 7) is 3.91. The summed E-state index contributed by atoms with van der Waals surface area (Å²) in [6.07, 6.45) is 0.329. The van der Waals surface area contributed by atoms with E-state index in [0.29, 0.717) is 0 Å². The molecule has 1 aromatic heterocycles. The Morgan fingerprint density at radius 3 is 2.55 bits per heavy atom. The van der Waals surface area contributed by atoms with Crippen molar-refractivity contribution in [3.05, 3.63) is 17.0 Å². The quantitative estimate of drug-likeness (QED) is 0.531. The number of hydrogen-bond donors (Lipinski definition) is 0. The van der Waals surface area contributed by atoms with Gasteiger partial charge in [0.25, 0.3) is 0 Å². The van der Waals surface area contributed by atoms with Gasteiger partial charge in [0.05, 0.1) is 6.10 Å². The Labute approximate surface area is 121 Å². The van der Waals surface area contributed by atoms with Crippen molar-refractivity contribution in [3.63, 3.8) is 0 Å². The molecule has 7 heteroatoms. The molecule has 0 saturated carbocycles. The zero-order valence-electron chi connectivity index (χ0n) is 11.5. The zero-order valence-corrected chi connectivity index (χ0v) is 12.3. The highest BCUT2D eigenvalue weighted by molar-refractivity contribution is 6.28. The summed E-state index contributed by atoms with van der Waals surface area (Å²) in [5.74, 6) is -0.139. The van der Waals surface area contributed by atoms with E-state index in [1.807, 2.05) is 0 Å². The maximum Gasteiger partial charge on any atom is 0.433 e. The highest BCUT2D eigenvalue weighted by Crippen LogP contribution is 2.30. The second-order valence-corrected chi connectivity index (χ2v) is 4.97. The fourth-order valence-corrected chi connectivity index (χ4v) is 1.90. The Morgan fingerprint density at radius 2 is 1.95 bits per heavy atom. The van der Waals surface area contributed by atoms with E-state index in [0.717, 1.165) is 38.2 Å². The number of aromatic nitrogens is 2. The molecule has 0 amide bonds. The molecule has 0 bridgehead atoms. The van der Waals surface area contributed by atoms with Gasteiger partial charge in [0, 0.05) is 6.07 Å². The molecule has 0 spiro atoms. The summed E-state index contributed by atoms with van der Waals surface area (Å²) in [7, 11) is 0. The first kappa shape index (κ1) is 17.0. The Hall–Kier alpha value is -1.04. The second-order valence-electron chi connectivity index (χ2n) is 4.64. The predicted octanol–water partition coefficient (Wildman–Crippen LogP) is 4.89. The van der Waals surface area contributed by atoms with Crippen molar-refractivity contribution in [1.82, 2.24) is 9.97 Å². The highest BCUT2D eigenvalue weighted by Gasteiger charge is 2.34. The first-order chi connectivity index (χ1) is 9.32. The fourth-order valence-electron chi connectivity index (χ4n) is 1.73. The largest absolute Gasteiger partial charge is 0.475 e. The number of ether oxygens (including phenoxy) is 1. The second kappa shape index (κ2) is 7.67. The summed E-state index contributed by atoms with van der Waals surface area (Å²) < 4.78 is 43.1. The minimum Gasteiger partial charge on any atom is -0.475 e. The van der Waals surface area contributed by atoms with Gasteiger partial charge in [-0.15, -0.1) is 0 Å². The van der Waals surface area contributed by atoms with Gasteiger partial charge >= 0.3 is 6.18 Å². The maximum atomic E-state index is 12.6. The van der Waals surface area contributed by atoms with Crippen LogP contribution in [0.3, 0.4) is 0 Å². The van der Waals surface area contributed by atoms with Crippen molar-refractivity contribution in [2.75, 3.05) is 0 Å². The van der Waals surface area contributed by atoms with Crippen molar-refractivity contribution in [2.24, 2.45) is 0 Å². The lowest BCUT2D eigenvalue weighted by molar-refractivity contribution is -0.141. The normalized spacial score (nSPS) is 13.3. The molecule has 0 fully saturated rings. The zero-order chi connectivity index (χ0) is 15.2. The van der Waals surface area contributed by atoms with E-state index < -0.39 is 17.2 Å². The van der Waals surface area contributed by atoms with Crippen LogP contribution < -0.4 is 4.74 Å². The van der Waals surface area contributed by atoms with Crippen molar-refractivity contribution >= 4 is 11.6 Å². The third kappa shape index (κ3) is 5.94. The van der Waals surface area contributed by atoms with Crippen LogP contribution >= 0.6 is 11.6 Å². The van der Waals surface area contributed by atoms with Crippen LogP contribution in [-0.4, -0.2) is 16.1 Å². The molecule has 0 aromatic carbocycles. The number of alkyl halides is 3. The van der Waals surface area contributed by atoms with E-state index in [1.165, 1.54) is 0 Å². The molecule has 0 aliphatic rings. The van der Waals surface area contributed by atoms with E-state index >= 15 is 0 Å². The van der Waals surface area contributed by atoms with Gasteiger partial charge in [-0.05, 0) is 31.4 Å². The number of hydrogen-bond acceptors (Lipinski definition) is 3. The number of rotatable bonds is 7. The topological polar surface area (TPSA) is 35.0 Å². The average Bonchev–Trinajstić information content (AvgIpc) is 2.33. The van der Waals surface area contributed by atoms with Crippen LogP contribution in [0.5, 0.6) is 5.88 Å². The molecule has 114 valence electrons. The van der Waals surface area contributed by atoms with Gasteiger partial charge < -0.3 is 4.74 Å². The van der Waals surface area contributed by atoms with E-state index in [1.54, 1.807) is 6.92 Å². The van der Waals surface area contributed by atoms with Crippen LogP contribution in [0.1, 0.15) is 51.6 Å². The molecule has 0 aliphatic carbocycles. The summed E-state index contributed by atoms with van der Waals surface area (Å²) in [6, 6.07) is 0.772. The van der Waals surface area contributed by atoms with Gasteiger partial charge in [-0.1, -0.05) is 26.2 Å². The summed E-state index contributed by atoms with van der Waals surface area (Å²) >= 11 is 5.48. The van der Waals surface area contributed by atoms with Crippen molar-refractivity contribution in [1.29, 1.82) is 0 Å². The van der Waals surface area contributed by atoms with Crippen LogP contribution in [0, 0.1) is 0 Å². The molecular weight excluding hydrogens is 293 g/mol. The van der Waals surface area contributed by atoms with Gasteiger partial charge in [-0.25, -0.2) is 4.98 Å². The van der Waals surface area contributed by atoms with Crippen molar-refractivity contribution < 1.29 is 17.9 Å². The monoisotopic (exact) mass is 310 g/mol. The molecular formula is C13H18ClF3N2O. The van der Waals surface area contributed by atoms with Gasteiger partial charge in [-0.2, -0.15) is 18.2 Å². The predicted molar refractivity (Wildman–Crippen MR) is 70.9 cm³/mol. The molecule has 0 saturated heterocycles. The van der Waals surface area contributed by atoms with Crippen LogP contribution in [0.4, 0.5) is 13.2 Å². The minimum absolute atomic E-state index is 0.139. The van der Waals surface area contributed by atoms with Gasteiger partial charge in [-0.3, -0.25) is 0 Å². The standard InChI is InChI=1S/C13H18ClF3N2O/c1-3-4-5-6-7-9(2)20-11-8-10(13(15,16)17)18-12(14)19-11/h8-9H,3-7H2,1-2H3. The molecule has 1 aromatic rings. The average molecular weight is 311 g/mol. The molecule has 3 nitrogen and oxygen atoms in total. The number of halogens is 4. The molecule has 1 unspecified atom stereocenters. The fraction of sp³-hybridized carbons (Fsp3) is 0.692. The van der Waals surface area contributed by atoms with Crippen molar-refractivity contribution in [2.45, 2.75) is 58.2 Å². The Balaban J connectivity index is 2.61. The Morgan fingerprint density at radius 1 is 1.25 bits per heavy atom. The number of unbranched alkanes of at least 4 members (excludes halogenated alkanes) is 3. The van der Waals surface area contributed by atoms with Crippen LogP contribution in [0.2, 0.25) is 5.28 Å². The molecule has 1 heterocycles. The lowest BCUT2D eigenvalue weighted by Gasteiger charge is -2.15. The molecule has 20 heavy (non-hydrogen) atoms. The SMILES string of the molecule is CCCCCCC(C)Oc1cc(C(F)(F)F)nc(Cl)n1. The smallest absolute Gasteiger partial charge is 0.433 e. The third-order valence-electron chi connectivity index (χ3n) is 2.75. The lowest BCUT2D eigenvalue weighted by atomic mass is 10.1. The minimum atomic E-state index is -4.56. The van der Waals surface area contributed by atoms with E-state index in [2.05, 4.69) is 16.9 Å². The van der Waals surface area contributed by atoms with Gasteiger partial charge in [0.2, 0.25) is 11.2 Å². The third-order valence-corrected chi connectivity index (χ3v) is 2.92. The Bertz CT molecular complexity index is 427. The summed E-state index contributed by atoms with van der Waals surface area (Å²) in [5.41, 5.74) is -1.09. The van der Waals surface area contributed by atoms with Gasteiger partial charge in [0.1, 0.15) is 0 Å². The van der Waals surface area contributed by atoms with E-state index in [-0.39, 0.29) is 12.0 Å². The molecule has 0 radical (unpaired) electrons. The molecule has 0 aliphatic heterocycles. The molecule has 0 N–H and O–H groups in total. The highest BCUT2D eigenvalue weighted by atomic mass is 35.5. The molecule has 1 atom stereocenters. The first-order valence-corrected chi connectivity index (χ1v) is 6.99. The Kier molecular flexibility index (Phi) is 6.52. The summed E-state index contributed by atoms with van der Waals surface area (Å²) in [5, 5.41) is -0.465. The molecule has 1 rings (SSSR count). The van der Waals surface area contributed by atoms with Crippen LogP contribution in [0.15, 0.2) is 6.07 Å². The van der Waals surface area contributed by atoms with E-state index in [4.69, 9.17) is 16.3 Å². The lowest BCUT2D eigenvalue weighted by Crippen LogP contribution is -2.15. The maximum absolute atomic E-state index is 12.6. The van der Waals surface area contributed by atoms with E-state index in [9.17, 15) is 13.2 Å². The number of nitrogens with zero attached hydrogens (tertiary/aromatic N) is 2. The van der Waals surface area contributed by atoms with Crippen molar-refractivity contribution in [3.8, 4) is 5.88 Å².